The van der Waals surface area contributed by atoms with Gasteiger partial charge in [-0.15, -0.1) is 23.5 Å². The van der Waals surface area contributed by atoms with Gasteiger partial charge in [0.2, 0.25) is 5.91 Å². The van der Waals surface area contributed by atoms with Crippen LogP contribution < -0.4 is 0 Å². The monoisotopic (exact) mass is 492 g/mol. The van der Waals surface area contributed by atoms with Crippen molar-refractivity contribution in [1.29, 1.82) is 0 Å². The number of rotatable bonds is 5. The normalized spacial score (nSPS) is 23.1. The van der Waals surface area contributed by atoms with E-state index in [0.29, 0.717) is 27.9 Å². The van der Waals surface area contributed by atoms with Crippen LogP contribution >= 0.6 is 23.5 Å². The number of phenolic OH excluding ortho intramolecular Hbond substituents is 1. The first-order chi connectivity index (χ1) is 15.4. The summed E-state index contributed by atoms with van der Waals surface area (Å²) in [4.78, 5) is 18.4. The number of phenols is 1. The average Bonchev–Trinajstić information content (AvgIpc) is 2.73. The molecule has 0 spiro atoms. The highest BCUT2D eigenvalue weighted by molar-refractivity contribution is 8.04. The van der Waals surface area contributed by atoms with Crippen LogP contribution in [0.3, 0.4) is 0 Å². The van der Waals surface area contributed by atoms with E-state index in [1.165, 1.54) is 30.6 Å². The SMILES string of the molecule is CN1CCN(C(=O)CS[C@H]2CCCC[C@@H]2Sc2cc(C(C)(C)C)c(O)c(C(C)(C)C)c2)CC1. The number of nitrogens with zero attached hydrogens (tertiary/aromatic N) is 2. The predicted octanol–water partition coefficient (Wildman–Crippen LogP) is 5.90. The quantitative estimate of drug-likeness (QED) is 0.554. The Morgan fingerprint density at radius 3 is 1.97 bits per heavy atom. The van der Waals surface area contributed by atoms with E-state index in [2.05, 4.69) is 65.6 Å². The molecule has 3 rings (SSSR count). The maximum atomic E-state index is 12.8. The largest absolute Gasteiger partial charge is 0.507 e. The van der Waals surface area contributed by atoms with E-state index in [9.17, 15) is 9.90 Å². The molecule has 6 heteroatoms. The minimum Gasteiger partial charge on any atom is -0.507 e. The summed E-state index contributed by atoms with van der Waals surface area (Å²) in [6.45, 7) is 16.7. The van der Waals surface area contributed by atoms with Crippen molar-refractivity contribution in [3.05, 3.63) is 23.3 Å². The lowest BCUT2D eigenvalue weighted by Gasteiger charge is -2.34. The third-order valence-electron chi connectivity index (χ3n) is 6.91. The van der Waals surface area contributed by atoms with Gasteiger partial charge in [0, 0.05) is 52.7 Å². The molecule has 1 N–H and O–H groups in total. The Balaban J connectivity index is 1.73. The van der Waals surface area contributed by atoms with Gasteiger partial charge in [-0.2, -0.15) is 0 Å². The Hall–Kier alpha value is -0.850. The Labute approximate surface area is 210 Å². The topological polar surface area (TPSA) is 43.8 Å². The summed E-state index contributed by atoms with van der Waals surface area (Å²) in [7, 11) is 2.12. The highest BCUT2D eigenvalue weighted by Crippen LogP contribution is 2.45. The van der Waals surface area contributed by atoms with Gasteiger partial charge in [-0.25, -0.2) is 0 Å². The van der Waals surface area contributed by atoms with Gasteiger partial charge in [0.15, 0.2) is 0 Å². The minimum absolute atomic E-state index is 0.115. The molecule has 0 radical (unpaired) electrons. The van der Waals surface area contributed by atoms with Crippen LogP contribution in [0, 0.1) is 0 Å². The molecule has 2 aliphatic rings. The van der Waals surface area contributed by atoms with E-state index in [4.69, 9.17) is 0 Å². The fourth-order valence-corrected chi connectivity index (χ4v) is 7.63. The summed E-state index contributed by atoms with van der Waals surface area (Å²) in [5, 5.41) is 12.1. The molecule has 2 fully saturated rings. The number of carbonyl (C=O) groups is 1. The Morgan fingerprint density at radius 1 is 0.939 bits per heavy atom. The number of amides is 1. The van der Waals surface area contributed by atoms with Crippen molar-refractivity contribution in [2.24, 2.45) is 0 Å². The van der Waals surface area contributed by atoms with Crippen LogP contribution in [0.15, 0.2) is 17.0 Å². The van der Waals surface area contributed by atoms with Crippen molar-refractivity contribution >= 4 is 29.4 Å². The van der Waals surface area contributed by atoms with Gasteiger partial charge in [-0.05, 0) is 42.9 Å². The highest BCUT2D eigenvalue weighted by atomic mass is 32.2. The lowest BCUT2D eigenvalue weighted by Crippen LogP contribution is -2.48. The molecule has 1 amide bonds. The predicted molar refractivity (Wildman–Crippen MR) is 144 cm³/mol. The molecular formula is C27H44N2O2S2. The van der Waals surface area contributed by atoms with E-state index < -0.39 is 0 Å². The van der Waals surface area contributed by atoms with Crippen LogP contribution in [0.1, 0.15) is 78.4 Å². The van der Waals surface area contributed by atoms with Crippen LogP contribution in [0.2, 0.25) is 0 Å². The molecule has 0 bridgehead atoms. The van der Waals surface area contributed by atoms with Crippen LogP contribution in [0.25, 0.3) is 0 Å². The summed E-state index contributed by atoms with van der Waals surface area (Å²) in [6.07, 6.45) is 4.90. The summed E-state index contributed by atoms with van der Waals surface area (Å²) in [5.74, 6) is 1.35. The Morgan fingerprint density at radius 2 is 1.45 bits per heavy atom. The molecule has 0 unspecified atom stereocenters. The summed E-state index contributed by atoms with van der Waals surface area (Å²) in [6, 6.07) is 4.42. The third-order valence-corrected chi connectivity index (χ3v) is 9.86. The van der Waals surface area contributed by atoms with Crippen molar-refractivity contribution in [3.63, 3.8) is 0 Å². The smallest absolute Gasteiger partial charge is 0.232 e. The maximum Gasteiger partial charge on any atom is 0.232 e. The van der Waals surface area contributed by atoms with Gasteiger partial charge < -0.3 is 14.9 Å². The first kappa shape index (κ1) is 26.7. The molecule has 1 aliphatic carbocycles. The van der Waals surface area contributed by atoms with Crippen molar-refractivity contribution in [2.75, 3.05) is 39.0 Å². The maximum absolute atomic E-state index is 12.8. The zero-order valence-corrected chi connectivity index (χ0v) is 23.4. The van der Waals surface area contributed by atoms with Crippen molar-refractivity contribution < 1.29 is 9.90 Å². The van der Waals surface area contributed by atoms with Crippen molar-refractivity contribution in [1.82, 2.24) is 9.80 Å². The van der Waals surface area contributed by atoms with Crippen LogP contribution in [-0.4, -0.2) is 70.3 Å². The lowest BCUT2D eigenvalue weighted by atomic mass is 9.79. The molecule has 1 aromatic carbocycles. The number of aromatic hydroxyl groups is 1. The van der Waals surface area contributed by atoms with Crippen LogP contribution in [0.4, 0.5) is 0 Å². The number of hydrogen-bond donors (Lipinski definition) is 1. The lowest BCUT2D eigenvalue weighted by molar-refractivity contribution is -0.129. The molecule has 1 saturated heterocycles. The molecule has 1 aromatic rings. The van der Waals surface area contributed by atoms with Crippen LogP contribution in [-0.2, 0) is 15.6 Å². The molecular weight excluding hydrogens is 448 g/mol. The number of likely N-dealkylation sites (N-methyl/N-ethyl adjacent to an activating group) is 1. The van der Waals surface area contributed by atoms with Crippen LogP contribution in [0.5, 0.6) is 5.75 Å². The first-order valence-electron chi connectivity index (χ1n) is 12.5. The molecule has 1 saturated carbocycles. The second-order valence-electron chi connectivity index (χ2n) is 11.8. The van der Waals surface area contributed by atoms with E-state index in [-0.39, 0.29) is 10.8 Å². The van der Waals surface area contributed by atoms with Gasteiger partial charge in [-0.1, -0.05) is 54.4 Å². The summed E-state index contributed by atoms with van der Waals surface area (Å²) < 4.78 is 0. The van der Waals surface area contributed by atoms with Gasteiger partial charge in [0.25, 0.3) is 0 Å². The van der Waals surface area contributed by atoms with E-state index in [0.717, 1.165) is 37.3 Å². The van der Waals surface area contributed by atoms with E-state index in [1.54, 1.807) is 0 Å². The van der Waals surface area contributed by atoms with E-state index >= 15 is 0 Å². The Bertz CT molecular complexity index is 785. The summed E-state index contributed by atoms with van der Waals surface area (Å²) >= 11 is 3.84. The standard InChI is InChI=1S/C27H44N2O2S2/c1-26(2,3)20-16-19(17-21(25(20)31)27(4,5)6)33-23-11-9-8-10-22(23)32-18-24(30)29-14-12-28(7)13-15-29/h16-17,22-23,31H,8-15,18H2,1-7H3/t22-,23-/m0/s1. The number of piperazine rings is 1. The molecule has 4 nitrogen and oxygen atoms in total. The zero-order valence-electron chi connectivity index (χ0n) is 21.7. The minimum atomic E-state index is -0.115. The molecule has 2 atom stereocenters. The number of benzene rings is 1. The van der Waals surface area contributed by atoms with Crippen molar-refractivity contribution in [3.8, 4) is 5.75 Å². The highest BCUT2D eigenvalue weighted by Gasteiger charge is 2.31. The first-order valence-corrected chi connectivity index (χ1v) is 14.4. The molecule has 1 heterocycles. The molecule has 0 aromatic heterocycles. The second kappa shape index (κ2) is 10.8. The average molecular weight is 493 g/mol. The van der Waals surface area contributed by atoms with Crippen molar-refractivity contribution in [2.45, 2.75) is 93.5 Å². The molecule has 186 valence electrons. The van der Waals surface area contributed by atoms with E-state index in [1.807, 2.05) is 28.4 Å². The molecule has 1 aliphatic heterocycles. The number of hydrogen-bond acceptors (Lipinski definition) is 5. The van der Waals surface area contributed by atoms with Gasteiger partial charge in [0.1, 0.15) is 5.75 Å². The summed E-state index contributed by atoms with van der Waals surface area (Å²) in [5.41, 5.74) is 1.83. The molecule has 33 heavy (non-hydrogen) atoms. The van der Waals surface area contributed by atoms with Gasteiger partial charge in [0.05, 0.1) is 5.75 Å². The second-order valence-corrected chi connectivity index (χ2v) is 14.4. The fraction of sp³-hybridized carbons (Fsp3) is 0.741. The zero-order chi connectivity index (χ0) is 24.4. The Kier molecular flexibility index (Phi) is 8.77. The van der Waals surface area contributed by atoms with Gasteiger partial charge >= 0.3 is 0 Å². The number of carbonyl (C=O) groups excluding carboxylic acids is 1. The van der Waals surface area contributed by atoms with Gasteiger partial charge in [-0.3, -0.25) is 4.79 Å². The fourth-order valence-electron chi connectivity index (χ4n) is 4.71. The number of thioether (sulfide) groups is 2. The third kappa shape index (κ3) is 7.08.